The van der Waals surface area contributed by atoms with Gasteiger partial charge in [0.15, 0.2) is 0 Å². The van der Waals surface area contributed by atoms with Gasteiger partial charge in [-0.15, -0.1) is 0 Å². The molecule has 0 spiro atoms. The van der Waals surface area contributed by atoms with Gasteiger partial charge in [0.25, 0.3) is 0 Å². The van der Waals surface area contributed by atoms with E-state index in [2.05, 4.69) is 17.1 Å². The van der Waals surface area contributed by atoms with Crippen molar-refractivity contribution < 1.29 is 4.79 Å². The Labute approximate surface area is 137 Å². The Morgan fingerprint density at radius 2 is 1.55 bits per heavy atom. The quantitative estimate of drug-likeness (QED) is 0.366. The van der Waals surface area contributed by atoms with Gasteiger partial charge in [-0.25, -0.2) is 0 Å². The molecule has 1 aliphatic heterocycles. The van der Waals surface area contributed by atoms with Crippen molar-refractivity contribution >= 4 is 5.91 Å². The van der Waals surface area contributed by atoms with Gasteiger partial charge in [0.1, 0.15) is 0 Å². The number of likely N-dealkylation sites (tertiary alicyclic amines) is 1. The van der Waals surface area contributed by atoms with Crippen molar-refractivity contribution in [1.29, 1.82) is 0 Å². The Hall–Kier alpha value is -0.790. The van der Waals surface area contributed by atoms with Crippen LogP contribution in [0.2, 0.25) is 0 Å². The first kappa shape index (κ1) is 17.6. The van der Waals surface area contributed by atoms with Gasteiger partial charge in [-0.2, -0.15) is 0 Å². The van der Waals surface area contributed by atoms with Gasteiger partial charge in [-0.3, -0.25) is 4.79 Å². The lowest BCUT2D eigenvalue weighted by atomic mass is 9.99. The molecule has 1 heterocycles. The summed E-state index contributed by atoms with van der Waals surface area (Å²) >= 11 is 0. The number of rotatable bonds is 11. The smallest absolute Gasteiger partial charge is 0.222 e. The van der Waals surface area contributed by atoms with Crippen LogP contribution >= 0.6 is 0 Å². The largest absolute Gasteiger partial charge is 0.343 e. The molecule has 22 heavy (non-hydrogen) atoms. The Bertz CT molecular complexity index is 331. The van der Waals surface area contributed by atoms with E-state index in [9.17, 15) is 4.79 Å². The summed E-state index contributed by atoms with van der Waals surface area (Å²) < 4.78 is 0. The van der Waals surface area contributed by atoms with Gasteiger partial charge < -0.3 is 4.90 Å². The molecule has 2 rings (SSSR count). The zero-order valence-corrected chi connectivity index (χ0v) is 14.4. The summed E-state index contributed by atoms with van der Waals surface area (Å²) in [6.07, 6.45) is 22.7. The average Bonchev–Trinajstić information content (AvgIpc) is 3.22. The number of carbonyl (C=O) groups excluding carboxylic acids is 1. The molecule has 1 unspecified atom stereocenters. The zero-order chi connectivity index (χ0) is 15.5. The fourth-order valence-corrected chi connectivity index (χ4v) is 3.80. The van der Waals surface area contributed by atoms with Crippen LogP contribution in [0.4, 0.5) is 0 Å². The van der Waals surface area contributed by atoms with Crippen LogP contribution in [0.5, 0.6) is 0 Å². The van der Waals surface area contributed by atoms with Gasteiger partial charge >= 0.3 is 0 Å². The monoisotopic (exact) mass is 305 g/mol. The molecule has 1 saturated heterocycles. The third kappa shape index (κ3) is 6.98. The number of amides is 1. The second kappa shape index (κ2) is 10.9. The molecule has 2 aliphatic rings. The first-order valence-corrected chi connectivity index (χ1v) is 9.81. The fraction of sp³-hybridized carbons (Fsp3) is 0.850. The number of allylic oxidation sites excluding steroid dienone is 2. The Morgan fingerprint density at radius 1 is 0.909 bits per heavy atom. The second-order valence-corrected chi connectivity index (χ2v) is 7.22. The predicted octanol–water partition coefficient (Wildman–Crippen LogP) is 5.48. The minimum absolute atomic E-state index is 0.401. The van der Waals surface area contributed by atoms with Gasteiger partial charge in [0.2, 0.25) is 5.91 Å². The van der Waals surface area contributed by atoms with E-state index < -0.39 is 0 Å². The molecule has 1 fully saturated rings. The Morgan fingerprint density at radius 3 is 2.18 bits per heavy atom. The van der Waals surface area contributed by atoms with Gasteiger partial charge in [-0.1, -0.05) is 57.1 Å². The summed E-state index contributed by atoms with van der Waals surface area (Å²) in [6, 6.07) is 0. The highest BCUT2D eigenvalue weighted by Crippen LogP contribution is 2.23. The van der Waals surface area contributed by atoms with E-state index in [1.165, 1.54) is 77.0 Å². The number of hydrogen-bond donors (Lipinski definition) is 0. The molecule has 1 amide bonds. The van der Waals surface area contributed by atoms with E-state index in [1.54, 1.807) is 0 Å². The molecule has 0 radical (unpaired) electrons. The van der Waals surface area contributed by atoms with Crippen molar-refractivity contribution in [2.75, 3.05) is 13.1 Å². The summed E-state index contributed by atoms with van der Waals surface area (Å²) in [5, 5.41) is 0. The SMILES string of the molecule is O=C(CCCCCCCCCCC1C=CCC1)N1CCCC1. The summed E-state index contributed by atoms with van der Waals surface area (Å²) in [7, 11) is 0. The fourth-order valence-electron chi connectivity index (χ4n) is 3.80. The topological polar surface area (TPSA) is 20.3 Å². The summed E-state index contributed by atoms with van der Waals surface area (Å²) in [6.45, 7) is 2.02. The molecule has 1 atom stereocenters. The standard InChI is InChI=1S/C20H35NO/c22-20(21-17-11-12-18-21)16-8-6-4-2-1-3-5-7-13-19-14-9-10-15-19/h9,14,19H,1-8,10-13,15-18H2. The zero-order valence-electron chi connectivity index (χ0n) is 14.4. The van der Waals surface area contributed by atoms with E-state index in [-0.39, 0.29) is 0 Å². The summed E-state index contributed by atoms with van der Waals surface area (Å²) in [4.78, 5) is 13.9. The Kier molecular flexibility index (Phi) is 8.67. The average molecular weight is 306 g/mol. The third-order valence-corrected chi connectivity index (χ3v) is 5.29. The molecule has 0 aromatic heterocycles. The van der Waals surface area contributed by atoms with Gasteiger partial charge in [0, 0.05) is 19.5 Å². The maximum Gasteiger partial charge on any atom is 0.222 e. The van der Waals surface area contributed by atoms with Crippen molar-refractivity contribution in [3.63, 3.8) is 0 Å². The molecule has 0 bridgehead atoms. The number of carbonyl (C=O) groups is 1. The normalized spacial score (nSPS) is 20.9. The van der Waals surface area contributed by atoms with Crippen molar-refractivity contribution in [2.24, 2.45) is 5.92 Å². The van der Waals surface area contributed by atoms with E-state index in [1.807, 2.05) is 0 Å². The molecule has 0 aromatic carbocycles. The van der Waals surface area contributed by atoms with E-state index in [4.69, 9.17) is 0 Å². The lowest BCUT2D eigenvalue weighted by Crippen LogP contribution is -2.27. The highest BCUT2D eigenvalue weighted by Gasteiger charge is 2.16. The van der Waals surface area contributed by atoms with Crippen molar-refractivity contribution in [3.8, 4) is 0 Å². The Balaban J connectivity index is 1.31. The van der Waals surface area contributed by atoms with Gasteiger partial charge in [-0.05, 0) is 44.4 Å². The lowest BCUT2D eigenvalue weighted by Gasteiger charge is -2.14. The van der Waals surface area contributed by atoms with Crippen LogP contribution in [0, 0.1) is 5.92 Å². The maximum absolute atomic E-state index is 11.9. The van der Waals surface area contributed by atoms with E-state index >= 15 is 0 Å². The van der Waals surface area contributed by atoms with Crippen molar-refractivity contribution in [1.82, 2.24) is 4.90 Å². The molecule has 2 heteroatoms. The van der Waals surface area contributed by atoms with Crippen LogP contribution in [-0.4, -0.2) is 23.9 Å². The lowest BCUT2D eigenvalue weighted by molar-refractivity contribution is -0.130. The van der Waals surface area contributed by atoms with Crippen molar-refractivity contribution in [3.05, 3.63) is 12.2 Å². The summed E-state index contributed by atoms with van der Waals surface area (Å²) in [5.74, 6) is 1.30. The second-order valence-electron chi connectivity index (χ2n) is 7.22. The number of unbranched alkanes of at least 4 members (excludes halogenated alkanes) is 7. The predicted molar refractivity (Wildman–Crippen MR) is 93.8 cm³/mol. The number of hydrogen-bond acceptors (Lipinski definition) is 1. The molecule has 2 nitrogen and oxygen atoms in total. The molecule has 0 saturated carbocycles. The van der Waals surface area contributed by atoms with E-state index in [0.717, 1.165) is 31.8 Å². The molecule has 126 valence electrons. The highest BCUT2D eigenvalue weighted by atomic mass is 16.2. The minimum Gasteiger partial charge on any atom is -0.343 e. The number of nitrogens with zero attached hydrogens (tertiary/aromatic N) is 1. The van der Waals surface area contributed by atoms with Crippen LogP contribution in [0.1, 0.15) is 89.9 Å². The van der Waals surface area contributed by atoms with Crippen molar-refractivity contribution in [2.45, 2.75) is 89.9 Å². The highest BCUT2D eigenvalue weighted by molar-refractivity contribution is 5.76. The van der Waals surface area contributed by atoms with Gasteiger partial charge in [0.05, 0.1) is 0 Å². The minimum atomic E-state index is 0.401. The first-order valence-electron chi connectivity index (χ1n) is 9.81. The van der Waals surface area contributed by atoms with Crippen LogP contribution < -0.4 is 0 Å². The molecular formula is C20H35NO. The summed E-state index contributed by atoms with van der Waals surface area (Å²) in [5.41, 5.74) is 0. The third-order valence-electron chi connectivity index (χ3n) is 5.29. The van der Waals surface area contributed by atoms with E-state index in [0.29, 0.717) is 5.91 Å². The molecule has 1 aliphatic carbocycles. The molecule has 0 aromatic rings. The maximum atomic E-state index is 11.9. The molecular weight excluding hydrogens is 270 g/mol. The molecule has 0 N–H and O–H groups in total. The van der Waals surface area contributed by atoms with Crippen LogP contribution in [0.15, 0.2) is 12.2 Å². The first-order chi connectivity index (χ1) is 10.9. The van der Waals surface area contributed by atoms with Crippen LogP contribution in [-0.2, 0) is 4.79 Å². The van der Waals surface area contributed by atoms with Crippen LogP contribution in [0.3, 0.4) is 0 Å². The van der Waals surface area contributed by atoms with Crippen LogP contribution in [0.25, 0.3) is 0 Å².